The molecule has 0 atom stereocenters. The molecule has 0 spiro atoms. The number of thioether (sulfide) groups is 1. The van der Waals surface area contributed by atoms with E-state index in [4.69, 9.17) is 35.4 Å². The normalized spacial score (nSPS) is 10.6. The van der Waals surface area contributed by atoms with Crippen LogP contribution in [0.1, 0.15) is 0 Å². The average Bonchev–Trinajstić information content (AvgIpc) is 2.98. The second-order valence-corrected chi connectivity index (χ2v) is 8.51. The Morgan fingerprint density at radius 1 is 1.20 bits per heavy atom. The van der Waals surface area contributed by atoms with Gasteiger partial charge in [0.1, 0.15) is 0 Å². The molecule has 0 saturated heterocycles. The third-order valence-corrected chi connectivity index (χ3v) is 6.16. The molecule has 3 rings (SSSR count). The maximum atomic E-state index is 12.1. The first-order chi connectivity index (χ1) is 12.0. The van der Waals surface area contributed by atoms with Gasteiger partial charge in [-0.25, -0.2) is 4.68 Å². The van der Waals surface area contributed by atoms with Gasteiger partial charge in [0.2, 0.25) is 5.91 Å². The van der Waals surface area contributed by atoms with Gasteiger partial charge in [0.25, 0.3) is 0 Å². The summed E-state index contributed by atoms with van der Waals surface area (Å²) >= 11 is 19.8. The van der Waals surface area contributed by atoms with Gasteiger partial charge in [-0.3, -0.25) is 4.79 Å². The summed E-state index contributed by atoms with van der Waals surface area (Å²) in [5.41, 5.74) is 1.50. The van der Waals surface area contributed by atoms with Crippen molar-refractivity contribution in [1.29, 1.82) is 0 Å². The van der Waals surface area contributed by atoms with Crippen LogP contribution in [0.15, 0.2) is 52.9 Å². The molecule has 1 aromatic heterocycles. The van der Waals surface area contributed by atoms with Gasteiger partial charge >= 0.3 is 0 Å². The van der Waals surface area contributed by atoms with Crippen LogP contribution in [0.25, 0.3) is 5.69 Å². The number of anilines is 1. The third-order valence-electron chi connectivity index (χ3n) is 3.06. The molecule has 0 aliphatic heterocycles. The number of hydrogen-bond donors (Lipinski definition) is 1. The monoisotopic (exact) mass is 427 g/mol. The number of rotatable bonds is 5. The van der Waals surface area contributed by atoms with Gasteiger partial charge in [-0.2, -0.15) is 0 Å². The van der Waals surface area contributed by atoms with Crippen molar-refractivity contribution in [3.05, 3.63) is 62.5 Å². The van der Waals surface area contributed by atoms with Crippen LogP contribution in [-0.4, -0.2) is 21.4 Å². The van der Waals surface area contributed by atoms with Crippen molar-refractivity contribution >= 4 is 70.1 Å². The largest absolute Gasteiger partial charge is 0.325 e. The zero-order valence-corrected chi connectivity index (χ0v) is 16.6. The van der Waals surface area contributed by atoms with Crippen LogP contribution in [0, 0.1) is 3.95 Å². The standard InChI is InChI=1S/C16H11Cl2N3OS3/c17-12-7-6-10(8-13(12)18)19-14(22)9-24-15-20-21(16(23)25-15)11-4-2-1-3-5-11/h1-8H,9H2,(H,19,22). The van der Waals surface area contributed by atoms with Crippen molar-refractivity contribution in [3.8, 4) is 5.69 Å². The van der Waals surface area contributed by atoms with Crippen molar-refractivity contribution in [2.45, 2.75) is 4.34 Å². The summed E-state index contributed by atoms with van der Waals surface area (Å²) in [6.45, 7) is 0. The fraction of sp³-hybridized carbons (Fsp3) is 0.0625. The minimum atomic E-state index is -0.157. The molecule has 1 heterocycles. The maximum absolute atomic E-state index is 12.1. The molecule has 0 bridgehead atoms. The smallest absolute Gasteiger partial charge is 0.234 e. The van der Waals surface area contributed by atoms with Crippen LogP contribution < -0.4 is 5.32 Å². The lowest BCUT2D eigenvalue weighted by atomic mass is 10.3. The molecule has 3 aromatic rings. The number of nitrogens with one attached hydrogen (secondary N) is 1. The van der Waals surface area contributed by atoms with E-state index in [2.05, 4.69) is 10.4 Å². The minimum Gasteiger partial charge on any atom is -0.325 e. The van der Waals surface area contributed by atoms with E-state index in [9.17, 15) is 4.79 Å². The third kappa shape index (κ3) is 4.83. The van der Waals surface area contributed by atoms with Crippen LogP contribution in [0.2, 0.25) is 10.0 Å². The Labute approximate surface area is 167 Å². The second kappa shape index (κ2) is 8.33. The molecule has 4 nitrogen and oxygen atoms in total. The number of benzene rings is 2. The summed E-state index contributed by atoms with van der Waals surface area (Å²) in [5, 5.41) is 8.07. The van der Waals surface area contributed by atoms with E-state index in [1.165, 1.54) is 23.1 Å². The van der Waals surface area contributed by atoms with Gasteiger partial charge in [0, 0.05) is 5.69 Å². The Hall–Kier alpha value is -1.38. The summed E-state index contributed by atoms with van der Waals surface area (Å²) in [5.74, 6) is 0.0629. The highest BCUT2D eigenvalue weighted by atomic mass is 35.5. The Balaban J connectivity index is 1.63. The molecule has 0 radical (unpaired) electrons. The number of aromatic nitrogens is 2. The van der Waals surface area contributed by atoms with E-state index < -0.39 is 0 Å². The molecule has 128 valence electrons. The van der Waals surface area contributed by atoms with Crippen LogP contribution in [0.3, 0.4) is 0 Å². The molecule has 0 aliphatic rings. The Morgan fingerprint density at radius 2 is 1.96 bits per heavy atom. The topological polar surface area (TPSA) is 46.9 Å². The molecule has 0 fully saturated rings. The lowest BCUT2D eigenvalue weighted by molar-refractivity contribution is -0.113. The van der Waals surface area contributed by atoms with Crippen molar-refractivity contribution in [2.24, 2.45) is 0 Å². The molecule has 0 saturated carbocycles. The molecular weight excluding hydrogens is 417 g/mol. The number of nitrogens with zero attached hydrogens (tertiary/aromatic N) is 2. The highest BCUT2D eigenvalue weighted by Gasteiger charge is 2.10. The highest BCUT2D eigenvalue weighted by molar-refractivity contribution is 8.01. The van der Waals surface area contributed by atoms with E-state index >= 15 is 0 Å². The van der Waals surface area contributed by atoms with Gasteiger partial charge in [0.05, 0.1) is 21.5 Å². The molecular formula is C16H11Cl2N3OS3. The zero-order valence-electron chi connectivity index (χ0n) is 12.6. The van der Waals surface area contributed by atoms with E-state index in [0.29, 0.717) is 19.7 Å². The number of halogens is 2. The summed E-state index contributed by atoms with van der Waals surface area (Å²) in [4.78, 5) is 12.1. The SMILES string of the molecule is O=C(CSc1nn(-c2ccccc2)c(=S)s1)Nc1ccc(Cl)c(Cl)c1. The van der Waals surface area contributed by atoms with E-state index in [1.807, 2.05) is 30.3 Å². The van der Waals surface area contributed by atoms with E-state index in [1.54, 1.807) is 22.9 Å². The van der Waals surface area contributed by atoms with E-state index in [-0.39, 0.29) is 11.7 Å². The van der Waals surface area contributed by atoms with Crippen molar-refractivity contribution in [2.75, 3.05) is 11.1 Å². The zero-order chi connectivity index (χ0) is 17.8. The van der Waals surface area contributed by atoms with Crippen molar-refractivity contribution < 1.29 is 4.79 Å². The maximum Gasteiger partial charge on any atom is 0.234 e. The lowest BCUT2D eigenvalue weighted by Gasteiger charge is -2.05. The Morgan fingerprint density at radius 3 is 2.68 bits per heavy atom. The van der Waals surface area contributed by atoms with Crippen molar-refractivity contribution in [1.82, 2.24) is 9.78 Å². The van der Waals surface area contributed by atoms with Crippen LogP contribution in [0.5, 0.6) is 0 Å². The number of para-hydroxylation sites is 1. The molecule has 1 amide bonds. The van der Waals surface area contributed by atoms with E-state index in [0.717, 1.165) is 10.0 Å². The summed E-state index contributed by atoms with van der Waals surface area (Å²) in [6.07, 6.45) is 0. The second-order valence-electron chi connectivity index (χ2n) is 4.85. The minimum absolute atomic E-state index is 0.157. The number of carbonyl (C=O) groups is 1. The molecule has 0 aliphatic carbocycles. The first kappa shape index (κ1) is 18.4. The summed E-state index contributed by atoms with van der Waals surface area (Å²) in [7, 11) is 0. The van der Waals surface area contributed by atoms with Gasteiger partial charge in [-0.15, -0.1) is 5.10 Å². The quantitative estimate of drug-likeness (QED) is 0.418. The Bertz CT molecular complexity index is 957. The van der Waals surface area contributed by atoms with Gasteiger partial charge < -0.3 is 5.32 Å². The first-order valence-corrected chi connectivity index (χ1v) is 10.0. The fourth-order valence-electron chi connectivity index (χ4n) is 1.95. The lowest BCUT2D eigenvalue weighted by Crippen LogP contribution is -2.13. The number of hydrogen-bond acceptors (Lipinski definition) is 5. The van der Waals surface area contributed by atoms with Gasteiger partial charge in [0.15, 0.2) is 8.29 Å². The number of carbonyl (C=O) groups excluding carboxylic acids is 1. The summed E-state index contributed by atoms with van der Waals surface area (Å²) in [6, 6.07) is 14.6. The molecule has 1 N–H and O–H groups in total. The van der Waals surface area contributed by atoms with Crippen LogP contribution in [-0.2, 0) is 4.79 Å². The Kier molecular flexibility index (Phi) is 6.14. The predicted octanol–water partition coefficient (Wildman–Crippen LogP) is 5.70. The van der Waals surface area contributed by atoms with Gasteiger partial charge in [-0.1, -0.05) is 64.5 Å². The van der Waals surface area contributed by atoms with Crippen LogP contribution in [0.4, 0.5) is 5.69 Å². The van der Waals surface area contributed by atoms with Crippen molar-refractivity contribution in [3.63, 3.8) is 0 Å². The molecule has 25 heavy (non-hydrogen) atoms. The van der Waals surface area contributed by atoms with Gasteiger partial charge in [-0.05, 0) is 42.5 Å². The number of amides is 1. The molecule has 9 heteroatoms. The molecule has 0 unspecified atom stereocenters. The predicted molar refractivity (Wildman–Crippen MR) is 108 cm³/mol. The average molecular weight is 428 g/mol. The highest BCUT2D eigenvalue weighted by Crippen LogP contribution is 2.26. The summed E-state index contributed by atoms with van der Waals surface area (Å²) < 4.78 is 3.07. The molecule has 2 aromatic carbocycles. The fourth-order valence-corrected chi connectivity index (χ4v) is 4.41. The van der Waals surface area contributed by atoms with Crippen LogP contribution >= 0.6 is 58.5 Å². The first-order valence-electron chi connectivity index (χ1n) is 7.06.